The van der Waals surface area contributed by atoms with E-state index in [2.05, 4.69) is 15.9 Å². The van der Waals surface area contributed by atoms with E-state index in [0.717, 1.165) is 0 Å². The van der Waals surface area contributed by atoms with Crippen molar-refractivity contribution in [2.45, 2.75) is 6.18 Å². The van der Waals surface area contributed by atoms with Gasteiger partial charge in [0.1, 0.15) is 12.4 Å². The molecule has 2 aromatic rings. The Labute approximate surface area is 159 Å². The van der Waals surface area contributed by atoms with Crippen LogP contribution in [0.1, 0.15) is 15.9 Å². The fraction of sp³-hybridized carbons (Fsp3) is 0.176. The molecule has 3 rings (SSSR count). The standard InChI is InChI=1S/C17H10BrClF3NO3/c18-10-2-3-12(19)11(8-10)15(24)9-1-4-14-13(7-9)23(5-6-26-14)16(25)17(20,21)22/h1-4,7-8H,5-6H2. The molecule has 0 bridgehead atoms. The lowest BCUT2D eigenvalue weighted by Crippen LogP contribution is -2.45. The van der Waals surface area contributed by atoms with Crippen LogP contribution < -0.4 is 9.64 Å². The molecule has 1 aliphatic heterocycles. The normalized spacial score (nSPS) is 13.8. The van der Waals surface area contributed by atoms with Crippen LogP contribution in [-0.2, 0) is 4.79 Å². The maximum atomic E-state index is 12.8. The molecule has 0 aromatic heterocycles. The predicted octanol–water partition coefficient (Wildman–Crippen LogP) is 4.62. The first kappa shape index (κ1) is 18.7. The first-order valence-corrected chi connectivity index (χ1v) is 8.51. The van der Waals surface area contributed by atoms with Gasteiger partial charge in [-0.05, 0) is 36.4 Å². The van der Waals surface area contributed by atoms with Crippen molar-refractivity contribution >= 4 is 44.9 Å². The van der Waals surface area contributed by atoms with E-state index in [9.17, 15) is 22.8 Å². The van der Waals surface area contributed by atoms with Crippen LogP contribution in [0.5, 0.6) is 5.75 Å². The Morgan fingerprint density at radius 1 is 1.15 bits per heavy atom. The SMILES string of the molecule is O=C(c1ccc2c(c1)N(C(=O)C(F)(F)F)CCO2)c1cc(Br)ccc1Cl. The van der Waals surface area contributed by atoms with E-state index in [1.54, 1.807) is 6.07 Å². The highest BCUT2D eigenvalue weighted by molar-refractivity contribution is 9.10. The molecule has 0 fully saturated rings. The van der Waals surface area contributed by atoms with Gasteiger partial charge in [-0.15, -0.1) is 0 Å². The molecule has 1 amide bonds. The number of halogens is 5. The quantitative estimate of drug-likeness (QED) is 0.630. The Morgan fingerprint density at radius 3 is 2.58 bits per heavy atom. The highest BCUT2D eigenvalue weighted by Crippen LogP contribution is 2.36. The van der Waals surface area contributed by atoms with Crippen molar-refractivity contribution in [1.29, 1.82) is 0 Å². The Morgan fingerprint density at radius 2 is 1.88 bits per heavy atom. The Bertz CT molecular complexity index is 901. The van der Waals surface area contributed by atoms with E-state index in [1.807, 2.05) is 0 Å². The zero-order valence-electron chi connectivity index (χ0n) is 12.9. The monoisotopic (exact) mass is 447 g/mol. The van der Waals surface area contributed by atoms with Crippen molar-refractivity contribution in [3.8, 4) is 5.75 Å². The minimum atomic E-state index is -5.03. The van der Waals surface area contributed by atoms with Gasteiger partial charge in [0.15, 0.2) is 5.78 Å². The molecule has 0 spiro atoms. The van der Waals surface area contributed by atoms with Crippen LogP contribution in [0.4, 0.5) is 18.9 Å². The molecule has 0 saturated carbocycles. The van der Waals surface area contributed by atoms with Gasteiger partial charge in [-0.25, -0.2) is 0 Å². The van der Waals surface area contributed by atoms with Crippen LogP contribution >= 0.6 is 27.5 Å². The molecule has 0 unspecified atom stereocenters. The Kier molecular flexibility index (Phi) is 4.98. The molecule has 136 valence electrons. The van der Waals surface area contributed by atoms with Gasteiger partial charge >= 0.3 is 12.1 Å². The summed E-state index contributed by atoms with van der Waals surface area (Å²) in [5.74, 6) is -2.39. The molecular formula is C17H10BrClF3NO3. The van der Waals surface area contributed by atoms with Crippen LogP contribution in [0, 0.1) is 0 Å². The van der Waals surface area contributed by atoms with Gasteiger partial charge < -0.3 is 4.74 Å². The number of hydrogen-bond donors (Lipinski definition) is 0. The summed E-state index contributed by atoms with van der Waals surface area (Å²) < 4.78 is 44.4. The number of rotatable bonds is 2. The minimum Gasteiger partial charge on any atom is -0.490 e. The molecule has 9 heteroatoms. The molecule has 2 aromatic carbocycles. The second kappa shape index (κ2) is 6.92. The van der Waals surface area contributed by atoms with E-state index in [4.69, 9.17) is 16.3 Å². The number of amides is 1. The van der Waals surface area contributed by atoms with Gasteiger partial charge in [-0.2, -0.15) is 13.2 Å². The average Bonchev–Trinajstić information content (AvgIpc) is 2.60. The van der Waals surface area contributed by atoms with E-state index in [1.165, 1.54) is 30.3 Å². The molecule has 1 heterocycles. The summed E-state index contributed by atoms with van der Waals surface area (Å²) in [6.07, 6.45) is -5.03. The first-order chi connectivity index (χ1) is 12.2. The number of benzene rings is 2. The topological polar surface area (TPSA) is 46.6 Å². The largest absolute Gasteiger partial charge is 0.490 e. The van der Waals surface area contributed by atoms with Gasteiger partial charge in [0, 0.05) is 15.6 Å². The second-order valence-electron chi connectivity index (χ2n) is 5.44. The highest BCUT2D eigenvalue weighted by Gasteiger charge is 2.44. The summed E-state index contributed by atoms with van der Waals surface area (Å²) in [6.45, 7) is -0.333. The fourth-order valence-corrected chi connectivity index (χ4v) is 3.11. The van der Waals surface area contributed by atoms with Gasteiger partial charge in [0.2, 0.25) is 0 Å². The fourth-order valence-electron chi connectivity index (χ4n) is 2.55. The summed E-state index contributed by atoms with van der Waals surface area (Å²) in [7, 11) is 0. The minimum absolute atomic E-state index is 0.0699. The molecule has 4 nitrogen and oxygen atoms in total. The Hall–Kier alpha value is -2.06. The van der Waals surface area contributed by atoms with Gasteiger partial charge in [-0.3, -0.25) is 14.5 Å². The summed E-state index contributed by atoms with van der Waals surface area (Å²) in [5.41, 5.74) is 0.177. The number of fused-ring (bicyclic) bond motifs is 1. The summed E-state index contributed by atoms with van der Waals surface area (Å²) in [4.78, 5) is 24.9. The maximum Gasteiger partial charge on any atom is 0.471 e. The highest BCUT2D eigenvalue weighted by atomic mass is 79.9. The van der Waals surface area contributed by atoms with Crippen molar-refractivity contribution < 1.29 is 27.5 Å². The Balaban J connectivity index is 2.03. The number of ketones is 1. The molecule has 0 aliphatic carbocycles. The molecular weight excluding hydrogens is 439 g/mol. The maximum absolute atomic E-state index is 12.8. The van der Waals surface area contributed by atoms with Crippen LogP contribution in [0.15, 0.2) is 40.9 Å². The van der Waals surface area contributed by atoms with Crippen molar-refractivity contribution in [3.63, 3.8) is 0 Å². The summed E-state index contributed by atoms with van der Waals surface area (Å²) in [6, 6.07) is 8.69. The zero-order chi connectivity index (χ0) is 19.1. The predicted molar refractivity (Wildman–Crippen MR) is 92.9 cm³/mol. The van der Waals surface area contributed by atoms with Crippen molar-refractivity contribution in [2.24, 2.45) is 0 Å². The zero-order valence-corrected chi connectivity index (χ0v) is 15.3. The molecule has 26 heavy (non-hydrogen) atoms. The molecule has 0 radical (unpaired) electrons. The molecule has 0 N–H and O–H groups in total. The average molecular weight is 449 g/mol. The van der Waals surface area contributed by atoms with Crippen LogP contribution in [-0.4, -0.2) is 31.0 Å². The van der Waals surface area contributed by atoms with E-state index < -0.39 is 17.9 Å². The molecule has 0 saturated heterocycles. The number of ether oxygens (including phenoxy) is 1. The van der Waals surface area contributed by atoms with Crippen LogP contribution in [0.2, 0.25) is 5.02 Å². The summed E-state index contributed by atoms with van der Waals surface area (Å²) in [5, 5.41) is 0.204. The number of nitrogens with zero attached hydrogens (tertiary/aromatic N) is 1. The lowest BCUT2D eigenvalue weighted by atomic mass is 10.0. The van der Waals surface area contributed by atoms with Gasteiger partial charge in [0.25, 0.3) is 0 Å². The number of hydrogen-bond acceptors (Lipinski definition) is 3. The van der Waals surface area contributed by atoms with Crippen molar-refractivity contribution in [1.82, 2.24) is 0 Å². The van der Waals surface area contributed by atoms with Crippen LogP contribution in [0.3, 0.4) is 0 Å². The van der Waals surface area contributed by atoms with Gasteiger partial charge in [0.05, 0.1) is 17.3 Å². The molecule has 1 aliphatic rings. The van der Waals surface area contributed by atoms with Gasteiger partial charge in [-0.1, -0.05) is 27.5 Å². The lowest BCUT2D eigenvalue weighted by molar-refractivity contribution is -0.170. The lowest BCUT2D eigenvalue weighted by Gasteiger charge is -2.30. The third-order valence-corrected chi connectivity index (χ3v) is 4.57. The summed E-state index contributed by atoms with van der Waals surface area (Å²) >= 11 is 9.28. The number of carbonyl (C=O) groups is 2. The van der Waals surface area contributed by atoms with E-state index in [-0.39, 0.29) is 40.7 Å². The van der Waals surface area contributed by atoms with Crippen LogP contribution in [0.25, 0.3) is 0 Å². The smallest absolute Gasteiger partial charge is 0.471 e. The third kappa shape index (κ3) is 3.57. The first-order valence-electron chi connectivity index (χ1n) is 7.34. The van der Waals surface area contributed by atoms with E-state index >= 15 is 0 Å². The number of alkyl halides is 3. The third-order valence-electron chi connectivity index (χ3n) is 3.75. The van der Waals surface area contributed by atoms with Crippen molar-refractivity contribution in [3.05, 3.63) is 57.0 Å². The molecule has 0 atom stereocenters. The van der Waals surface area contributed by atoms with E-state index in [0.29, 0.717) is 9.37 Å². The second-order valence-corrected chi connectivity index (χ2v) is 6.76. The van der Waals surface area contributed by atoms with Crippen molar-refractivity contribution in [2.75, 3.05) is 18.1 Å². The number of anilines is 1. The number of carbonyl (C=O) groups excluding carboxylic acids is 2.